The van der Waals surface area contributed by atoms with Crippen LogP contribution in [-0.4, -0.2) is 62.7 Å². The third-order valence-electron chi connectivity index (χ3n) is 4.94. The van der Waals surface area contributed by atoms with Gasteiger partial charge in [-0.2, -0.15) is 0 Å². The maximum atomic E-state index is 12.1. The van der Waals surface area contributed by atoms with Crippen molar-refractivity contribution in [2.24, 2.45) is 0 Å². The molecule has 10 heteroatoms. The van der Waals surface area contributed by atoms with E-state index >= 15 is 0 Å². The van der Waals surface area contributed by atoms with Gasteiger partial charge in [0.05, 0.1) is 24.7 Å². The molecule has 3 heterocycles. The lowest BCUT2D eigenvalue weighted by Gasteiger charge is -2.28. The lowest BCUT2D eigenvalue weighted by atomic mass is 10.1. The maximum Gasteiger partial charge on any atom is 0.253 e. The molecule has 0 saturated carbocycles. The number of ether oxygens (including phenoxy) is 1. The summed E-state index contributed by atoms with van der Waals surface area (Å²) in [5, 5.41) is 3.14. The summed E-state index contributed by atoms with van der Waals surface area (Å²) in [5.74, 6) is 0.817. The van der Waals surface area contributed by atoms with Crippen molar-refractivity contribution in [1.82, 2.24) is 14.9 Å². The number of amides is 1. The molecule has 0 aliphatic carbocycles. The van der Waals surface area contributed by atoms with Gasteiger partial charge in [-0.3, -0.25) is 9.10 Å². The zero-order valence-electron chi connectivity index (χ0n) is 17.9. The topological polar surface area (TPSA) is 105 Å². The summed E-state index contributed by atoms with van der Waals surface area (Å²) >= 11 is 0. The summed E-state index contributed by atoms with van der Waals surface area (Å²) in [7, 11) is 0.00354. The third-order valence-corrected chi connectivity index (χ3v) is 6.12. The van der Waals surface area contributed by atoms with Crippen molar-refractivity contribution in [3.63, 3.8) is 0 Å². The average molecular weight is 454 g/mol. The second-order valence-corrected chi connectivity index (χ2v) is 9.47. The van der Waals surface area contributed by atoms with Gasteiger partial charge in [-0.25, -0.2) is 18.4 Å². The first-order valence-corrected chi connectivity index (χ1v) is 11.7. The number of nitrogens with zero attached hydrogens (tertiary/aromatic N) is 4. The molecule has 0 fully saturated rings. The van der Waals surface area contributed by atoms with E-state index in [0.29, 0.717) is 22.8 Å². The van der Waals surface area contributed by atoms with Gasteiger partial charge in [0.25, 0.3) is 5.91 Å². The number of hydrogen-bond acceptors (Lipinski definition) is 7. The Kier molecular flexibility index (Phi) is 5.70. The summed E-state index contributed by atoms with van der Waals surface area (Å²) in [5.41, 5.74) is 3.45. The highest BCUT2D eigenvalue weighted by molar-refractivity contribution is 7.92. The normalized spacial score (nSPS) is 13.2. The molecule has 2 aromatic heterocycles. The van der Waals surface area contributed by atoms with Crippen LogP contribution in [0.1, 0.15) is 10.4 Å². The molecule has 0 unspecified atom stereocenters. The van der Waals surface area contributed by atoms with Crippen molar-refractivity contribution >= 4 is 33.1 Å². The monoisotopic (exact) mass is 453 g/mol. The van der Waals surface area contributed by atoms with Crippen LogP contribution in [0.2, 0.25) is 0 Å². The highest BCUT2D eigenvalue weighted by Gasteiger charge is 2.26. The van der Waals surface area contributed by atoms with Crippen LogP contribution in [0.5, 0.6) is 5.88 Å². The zero-order valence-corrected chi connectivity index (χ0v) is 18.8. The molecule has 166 valence electrons. The molecule has 1 aliphatic heterocycles. The number of carbonyl (C=O) groups is 1. The summed E-state index contributed by atoms with van der Waals surface area (Å²) in [4.78, 5) is 22.2. The van der Waals surface area contributed by atoms with Gasteiger partial charge in [0.15, 0.2) is 0 Å². The average Bonchev–Trinajstić information content (AvgIpc) is 2.78. The Labute approximate surface area is 186 Å². The van der Waals surface area contributed by atoms with E-state index in [1.807, 2.05) is 24.3 Å². The third kappa shape index (κ3) is 4.50. The molecular weight excluding hydrogens is 430 g/mol. The smallest absolute Gasteiger partial charge is 0.253 e. The summed E-state index contributed by atoms with van der Waals surface area (Å²) < 4.78 is 30.9. The van der Waals surface area contributed by atoms with Gasteiger partial charge in [0.1, 0.15) is 18.1 Å². The van der Waals surface area contributed by atoms with Gasteiger partial charge < -0.3 is 15.0 Å². The van der Waals surface area contributed by atoms with Gasteiger partial charge in [-0.1, -0.05) is 12.1 Å². The molecule has 0 radical (unpaired) electrons. The van der Waals surface area contributed by atoms with Crippen LogP contribution in [0, 0.1) is 0 Å². The van der Waals surface area contributed by atoms with Gasteiger partial charge >= 0.3 is 0 Å². The second kappa shape index (κ2) is 8.46. The van der Waals surface area contributed by atoms with Gasteiger partial charge in [-0.15, -0.1) is 0 Å². The molecular formula is C22H23N5O4S. The fourth-order valence-electron chi connectivity index (χ4n) is 3.34. The highest BCUT2D eigenvalue weighted by atomic mass is 32.2. The first kappa shape index (κ1) is 21.6. The minimum Gasteiger partial charge on any atom is -0.474 e. The molecule has 1 amide bonds. The molecule has 0 spiro atoms. The van der Waals surface area contributed by atoms with Crippen molar-refractivity contribution in [2.75, 3.05) is 43.1 Å². The number of pyridine rings is 2. The fraction of sp³-hybridized carbons (Fsp3) is 0.227. The molecule has 32 heavy (non-hydrogen) atoms. The van der Waals surface area contributed by atoms with E-state index in [1.54, 1.807) is 44.7 Å². The summed E-state index contributed by atoms with van der Waals surface area (Å²) in [6.45, 7) is 0.496. The lowest BCUT2D eigenvalue weighted by Crippen LogP contribution is -2.37. The van der Waals surface area contributed by atoms with Crippen molar-refractivity contribution in [2.45, 2.75) is 0 Å². The molecule has 1 aliphatic rings. The van der Waals surface area contributed by atoms with Crippen molar-refractivity contribution in [3.8, 4) is 17.0 Å². The number of nitrogens with one attached hydrogen (secondary N) is 1. The van der Waals surface area contributed by atoms with Gasteiger partial charge in [-0.05, 0) is 35.9 Å². The van der Waals surface area contributed by atoms with Crippen LogP contribution in [-0.2, 0) is 10.0 Å². The number of fused-ring (bicyclic) bond motifs is 1. The molecule has 4 rings (SSSR count). The minimum absolute atomic E-state index is 0.0484. The van der Waals surface area contributed by atoms with E-state index in [2.05, 4.69) is 15.3 Å². The number of sulfonamides is 1. The Bertz CT molecular complexity index is 1240. The number of anilines is 3. The Morgan fingerprint density at radius 2 is 1.78 bits per heavy atom. The Hall–Kier alpha value is -3.66. The number of aromatic nitrogens is 2. The standard InChI is InChI=1S/C22H23N5O4S/c1-26(2)22(28)16-6-4-15(5-7-16)17-8-9-20(23-13-17)25-18-12-19-21(24-14-18)31-11-10-27(19)32(3,29)30/h4-9,12-14H,10-11H2,1-3H3,(H,23,25). The quantitative estimate of drug-likeness (QED) is 0.633. The van der Waals surface area contributed by atoms with Gasteiger partial charge in [0.2, 0.25) is 15.9 Å². The Morgan fingerprint density at radius 1 is 1.06 bits per heavy atom. The van der Waals surface area contributed by atoms with Crippen LogP contribution in [0.25, 0.3) is 11.1 Å². The lowest BCUT2D eigenvalue weighted by molar-refractivity contribution is 0.0827. The van der Waals surface area contributed by atoms with E-state index in [-0.39, 0.29) is 24.9 Å². The van der Waals surface area contributed by atoms with Crippen LogP contribution in [0.3, 0.4) is 0 Å². The predicted molar refractivity (Wildman–Crippen MR) is 123 cm³/mol. The van der Waals surface area contributed by atoms with Crippen molar-refractivity contribution < 1.29 is 17.9 Å². The highest BCUT2D eigenvalue weighted by Crippen LogP contribution is 2.34. The van der Waals surface area contributed by atoms with Crippen LogP contribution >= 0.6 is 0 Å². The molecule has 0 atom stereocenters. The molecule has 3 aromatic rings. The van der Waals surface area contributed by atoms with E-state index < -0.39 is 10.0 Å². The van der Waals surface area contributed by atoms with E-state index in [0.717, 1.165) is 17.4 Å². The maximum absolute atomic E-state index is 12.1. The van der Waals surface area contributed by atoms with E-state index in [9.17, 15) is 13.2 Å². The Balaban J connectivity index is 1.52. The largest absolute Gasteiger partial charge is 0.474 e. The van der Waals surface area contributed by atoms with E-state index in [1.165, 1.54) is 9.21 Å². The number of rotatable bonds is 5. The molecule has 1 aromatic carbocycles. The van der Waals surface area contributed by atoms with Crippen LogP contribution < -0.4 is 14.4 Å². The number of carbonyl (C=O) groups excluding carboxylic acids is 1. The molecule has 1 N–H and O–H groups in total. The molecule has 9 nitrogen and oxygen atoms in total. The van der Waals surface area contributed by atoms with E-state index in [4.69, 9.17) is 4.74 Å². The first-order valence-electron chi connectivity index (χ1n) is 9.88. The fourth-order valence-corrected chi connectivity index (χ4v) is 4.23. The Morgan fingerprint density at radius 3 is 2.41 bits per heavy atom. The van der Waals surface area contributed by atoms with Crippen molar-refractivity contribution in [1.29, 1.82) is 0 Å². The van der Waals surface area contributed by atoms with Crippen molar-refractivity contribution in [3.05, 3.63) is 60.4 Å². The SMILES string of the molecule is CN(C)C(=O)c1ccc(-c2ccc(Nc3cnc4c(c3)N(S(C)(=O)=O)CCO4)nc2)cc1. The first-order chi connectivity index (χ1) is 15.2. The zero-order chi connectivity index (χ0) is 22.9. The number of benzene rings is 1. The number of hydrogen-bond donors (Lipinski definition) is 1. The summed E-state index contributed by atoms with van der Waals surface area (Å²) in [6, 6.07) is 12.8. The summed E-state index contributed by atoms with van der Waals surface area (Å²) in [6.07, 6.45) is 4.45. The van der Waals surface area contributed by atoms with Crippen LogP contribution in [0.4, 0.5) is 17.2 Å². The van der Waals surface area contributed by atoms with Crippen LogP contribution in [0.15, 0.2) is 54.9 Å². The molecule has 0 saturated heterocycles. The van der Waals surface area contributed by atoms with Gasteiger partial charge in [0, 0.05) is 31.4 Å². The second-order valence-electron chi connectivity index (χ2n) is 7.57. The minimum atomic E-state index is -3.43. The predicted octanol–water partition coefficient (Wildman–Crippen LogP) is 2.75. The molecule has 0 bridgehead atoms.